The summed E-state index contributed by atoms with van der Waals surface area (Å²) in [5.74, 6) is -1.78. The summed E-state index contributed by atoms with van der Waals surface area (Å²) in [5.41, 5.74) is 0.291. The second-order valence-corrected chi connectivity index (χ2v) is 7.36. The molecule has 0 heterocycles. The van der Waals surface area contributed by atoms with Gasteiger partial charge in [0.05, 0.1) is 16.0 Å². The molecule has 0 aromatic heterocycles. The molecule has 138 valence electrons. The maximum Gasteiger partial charge on any atom is 0.336 e. The summed E-state index contributed by atoms with van der Waals surface area (Å²) in [5, 5.41) is 11.7. The Morgan fingerprint density at radius 2 is 1.50 bits per heavy atom. The zero-order chi connectivity index (χ0) is 19.3. The Morgan fingerprint density at radius 3 is 2.00 bits per heavy atom. The van der Waals surface area contributed by atoms with Gasteiger partial charge in [0.2, 0.25) is 10.0 Å². The van der Waals surface area contributed by atoms with Crippen LogP contribution in [0.25, 0.3) is 0 Å². The van der Waals surface area contributed by atoms with Crippen molar-refractivity contribution >= 4 is 27.6 Å². The van der Waals surface area contributed by atoms with Crippen molar-refractivity contribution in [3.05, 3.63) is 59.7 Å². The number of benzene rings is 2. The molecule has 0 aliphatic heterocycles. The third-order valence-electron chi connectivity index (χ3n) is 3.86. The van der Waals surface area contributed by atoms with Gasteiger partial charge in [-0.15, -0.1) is 0 Å². The van der Waals surface area contributed by atoms with E-state index < -0.39 is 21.9 Å². The van der Waals surface area contributed by atoms with Crippen molar-refractivity contribution in [2.45, 2.75) is 18.7 Å². The Bertz CT molecular complexity index is 903. The maximum atomic E-state index is 12.4. The molecule has 0 aliphatic rings. The minimum absolute atomic E-state index is 0.0276. The highest BCUT2D eigenvalue weighted by molar-refractivity contribution is 7.89. The molecule has 0 unspecified atom stereocenters. The van der Waals surface area contributed by atoms with Gasteiger partial charge in [0, 0.05) is 18.8 Å². The normalized spacial score (nSPS) is 11.3. The van der Waals surface area contributed by atoms with Crippen LogP contribution in [0.15, 0.2) is 53.4 Å². The van der Waals surface area contributed by atoms with Crippen molar-refractivity contribution in [3.63, 3.8) is 0 Å². The lowest BCUT2D eigenvalue weighted by Gasteiger charge is -2.18. The second-order valence-electron chi connectivity index (χ2n) is 5.42. The van der Waals surface area contributed by atoms with Gasteiger partial charge in [-0.1, -0.05) is 26.0 Å². The van der Waals surface area contributed by atoms with E-state index in [0.29, 0.717) is 18.8 Å². The minimum Gasteiger partial charge on any atom is -0.478 e. The number of carboxylic acid groups (broad SMARTS) is 1. The molecule has 0 spiro atoms. The van der Waals surface area contributed by atoms with Gasteiger partial charge >= 0.3 is 5.97 Å². The SMILES string of the molecule is CCN(CC)S(=O)(=O)c1ccc(NC(=O)c2ccccc2C(=O)O)cc1. The molecule has 0 saturated carbocycles. The van der Waals surface area contributed by atoms with Crippen LogP contribution in [0.5, 0.6) is 0 Å². The first-order valence-electron chi connectivity index (χ1n) is 8.05. The Hall–Kier alpha value is -2.71. The molecule has 1 amide bonds. The van der Waals surface area contributed by atoms with E-state index in [0.717, 1.165) is 0 Å². The number of aromatic carboxylic acids is 1. The van der Waals surface area contributed by atoms with Gasteiger partial charge in [-0.05, 0) is 36.4 Å². The number of anilines is 1. The van der Waals surface area contributed by atoms with Crippen molar-refractivity contribution in [3.8, 4) is 0 Å². The van der Waals surface area contributed by atoms with Crippen LogP contribution in [-0.2, 0) is 10.0 Å². The lowest BCUT2D eigenvalue weighted by Crippen LogP contribution is -2.30. The summed E-state index contributed by atoms with van der Waals surface area (Å²) in [6.07, 6.45) is 0. The van der Waals surface area contributed by atoms with E-state index in [1.807, 2.05) is 0 Å². The molecule has 8 heteroatoms. The van der Waals surface area contributed by atoms with E-state index >= 15 is 0 Å². The average molecular weight is 376 g/mol. The number of rotatable bonds is 7. The molecule has 2 aromatic rings. The number of nitrogens with one attached hydrogen (secondary N) is 1. The lowest BCUT2D eigenvalue weighted by atomic mass is 10.1. The van der Waals surface area contributed by atoms with Gasteiger partial charge < -0.3 is 10.4 Å². The van der Waals surface area contributed by atoms with E-state index in [1.165, 1.54) is 46.8 Å². The van der Waals surface area contributed by atoms with Gasteiger partial charge in [-0.3, -0.25) is 4.79 Å². The van der Waals surface area contributed by atoms with Crippen molar-refractivity contribution < 1.29 is 23.1 Å². The highest BCUT2D eigenvalue weighted by Gasteiger charge is 2.21. The van der Waals surface area contributed by atoms with E-state index in [9.17, 15) is 18.0 Å². The zero-order valence-electron chi connectivity index (χ0n) is 14.5. The van der Waals surface area contributed by atoms with E-state index in [2.05, 4.69) is 5.32 Å². The molecule has 2 N–H and O–H groups in total. The number of amides is 1. The van der Waals surface area contributed by atoms with Crippen molar-refractivity contribution in [2.24, 2.45) is 0 Å². The van der Waals surface area contributed by atoms with Crippen LogP contribution >= 0.6 is 0 Å². The average Bonchev–Trinajstić information content (AvgIpc) is 2.63. The first kappa shape index (κ1) is 19.6. The van der Waals surface area contributed by atoms with Gasteiger partial charge in [-0.2, -0.15) is 4.31 Å². The van der Waals surface area contributed by atoms with Gasteiger partial charge in [0.15, 0.2) is 0 Å². The number of carboxylic acids is 1. The standard InChI is InChI=1S/C18H20N2O5S/c1-3-20(4-2)26(24,25)14-11-9-13(10-12-14)19-17(21)15-7-5-6-8-16(15)18(22)23/h5-12H,3-4H2,1-2H3,(H,19,21)(H,22,23). The first-order valence-corrected chi connectivity index (χ1v) is 9.49. The number of hydrogen-bond acceptors (Lipinski definition) is 4. The summed E-state index contributed by atoms with van der Waals surface area (Å²) < 4.78 is 26.2. The van der Waals surface area contributed by atoms with Crippen LogP contribution < -0.4 is 5.32 Å². The van der Waals surface area contributed by atoms with Crippen LogP contribution in [0, 0.1) is 0 Å². The molecule has 7 nitrogen and oxygen atoms in total. The number of carbonyl (C=O) groups excluding carboxylic acids is 1. The molecule has 0 aliphatic carbocycles. The molecule has 0 saturated heterocycles. The summed E-state index contributed by atoms with van der Waals surface area (Å²) in [6, 6.07) is 11.6. The molecular formula is C18H20N2O5S. The van der Waals surface area contributed by atoms with Crippen LogP contribution in [0.1, 0.15) is 34.6 Å². The Morgan fingerprint density at radius 1 is 0.962 bits per heavy atom. The minimum atomic E-state index is -3.57. The number of carbonyl (C=O) groups is 2. The van der Waals surface area contributed by atoms with E-state index in [1.54, 1.807) is 19.9 Å². The predicted octanol–water partition coefficient (Wildman–Crippen LogP) is 2.67. The largest absolute Gasteiger partial charge is 0.478 e. The van der Waals surface area contributed by atoms with Gasteiger partial charge in [0.1, 0.15) is 0 Å². The van der Waals surface area contributed by atoms with Crippen LogP contribution in [-0.4, -0.2) is 42.8 Å². The molecule has 0 bridgehead atoms. The molecule has 0 fully saturated rings. The molecule has 0 radical (unpaired) electrons. The van der Waals surface area contributed by atoms with Crippen LogP contribution in [0.4, 0.5) is 5.69 Å². The second kappa shape index (κ2) is 8.11. The molecule has 2 aromatic carbocycles. The van der Waals surface area contributed by atoms with Gasteiger partial charge in [-0.25, -0.2) is 13.2 Å². The highest BCUT2D eigenvalue weighted by Crippen LogP contribution is 2.19. The molecule has 2 rings (SSSR count). The molecular weight excluding hydrogens is 356 g/mol. The van der Waals surface area contributed by atoms with E-state index in [4.69, 9.17) is 5.11 Å². The fraction of sp³-hybridized carbons (Fsp3) is 0.222. The Kier molecular flexibility index (Phi) is 6.12. The first-order chi connectivity index (χ1) is 12.3. The van der Waals surface area contributed by atoms with Crippen molar-refractivity contribution in [1.82, 2.24) is 4.31 Å². The molecule has 0 atom stereocenters. The highest BCUT2D eigenvalue weighted by atomic mass is 32.2. The molecule has 26 heavy (non-hydrogen) atoms. The number of nitrogens with zero attached hydrogens (tertiary/aromatic N) is 1. The third kappa shape index (κ3) is 4.09. The smallest absolute Gasteiger partial charge is 0.336 e. The van der Waals surface area contributed by atoms with Crippen molar-refractivity contribution in [1.29, 1.82) is 0 Å². The van der Waals surface area contributed by atoms with Gasteiger partial charge in [0.25, 0.3) is 5.91 Å². The fourth-order valence-electron chi connectivity index (χ4n) is 2.49. The number of sulfonamides is 1. The summed E-state index contributed by atoms with van der Waals surface area (Å²) in [7, 11) is -3.57. The van der Waals surface area contributed by atoms with Crippen molar-refractivity contribution in [2.75, 3.05) is 18.4 Å². The Balaban J connectivity index is 2.23. The maximum absolute atomic E-state index is 12.4. The summed E-state index contributed by atoms with van der Waals surface area (Å²) in [6.45, 7) is 4.25. The van der Waals surface area contributed by atoms with Crippen LogP contribution in [0.3, 0.4) is 0 Å². The summed E-state index contributed by atoms with van der Waals surface area (Å²) in [4.78, 5) is 23.7. The third-order valence-corrected chi connectivity index (χ3v) is 5.92. The predicted molar refractivity (Wildman–Crippen MR) is 97.9 cm³/mol. The van der Waals surface area contributed by atoms with Crippen LogP contribution in [0.2, 0.25) is 0 Å². The Labute approximate surface area is 152 Å². The quantitative estimate of drug-likeness (QED) is 0.773. The number of hydrogen-bond donors (Lipinski definition) is 2. The zero-order valence-corrected chi connectivity index (χ0v) is 15.3. The summed E-state index contributed by atoms with van der Waals surface area (Å²) >= 11 is 0. The monoisotopic (exact) mass is 376 g/mol. The fourth-order valence-corrected chi connectivity index (χ4v) is 3.95. The lowest BCUT2D eigenvalue weighted by molar-refractivity contribution is 0.0692. The topological polar surface area (TPSA) is 104 Å². The van der Waals surface area contributed by atoms with E-state index in [-0.39, 0.29) is 16.0 Å².